The molecule has 0 saturated carbocycles. The van der Waals surface area contributed by atoms with Crippen molar-refractivity contribution in [3.8, 4) is 5.75 Å². The Bertz CT molecular complexity index is 525. The lowest BCUT2D eigenvalue weighted by Crippen LogP contribution is -2.40. The maximum atomic E-state index is 12.2. The smallest absolute Gasteiger partial charge is 0.390 e. The van der Waals surface area contributed by atoms with Crippen molar-refractivity contribution in [3.05, 3.63) is 29.8 Å². The highest BCUT2D eigenvalue weighted by Gasteiger charge is 2.26. The van der Waals surface area contributed by atoms with Crippen molar-refractivity contribution < 1.29 is 17.9 Å². The lowest BCUT2D eigenvalue weighted by Gasteiger charge is -2.24. The van der Waals surface area contributed by atoms with Gasteiger partial charge in [0.1, 0.15) is 5.75 Å². The average Bonchev–Trinajstić information content (AvgIpc) is 2.51. The zero-order valence-corrected chi connectivity index (χ0v) is 14.6. The summed E-state index contributed by atoms with van der Waals surface area (Å²) in [7, 11) is 1.61. The molecule has 136 valence electrons. The number of aliphatic imine (C=N–C) groups is 1. The van der Waals surface area contributed by atoms with Gasteiger partial charge in [0, 0.05) is 18.5 Å². The molecule has 0 radical (unpaired) electrons. The zero-order valence-electron chi connectivity index (χ0n) is 14.6. The number of halogens is 3. The van der Waals surface area contributed by atoms with Crippen LogP contribution >= 0.6 is 0 Å². The van der Waals surface area contributed by atoms with Crippen molar-refractivity contribution in [2.75, 3.05) is 26.7 Å². The minimum Gasteiger partial charge on any atom is -0.497 e. The number of nitrogens with zero attached hydrogens (tertiary/aromatic N) is 1. The van der Waals surface area contributed by atoms with E-state index in [0.717, 1.165) is 11.3 Å². The number of nitrogens with one attached hydrogen (secondary N) is 2. The van der Waals surface area contributed by atoms with E-state index in [9.17, 15) is 13.2 Å². The molecule has 0 atom stereocenters. The molecule has 0 saturated heterocycles. The van der Waals surface area contributed by atoms with Crippen LogP contribution in [-0.2, 0) is 5.41 Å². The highest BCUT2D eigenvalue weighted by atomic mass is 19.4. The largest absolute Gasteiger partial charge is 0.497 e. The summed E-state index contributed by atoms with van der Waals surface area (Å²) in [6, 6.07) is 7.71. The summed E-state index contributed by atoms with van der Waals surface area (Å²) < 4.78 is 41.9. The molecule has 1 rings (SSSR count). The van der Waals surface area contributed by atoms with E-state index < -0.39 is 12.6 Å². The fourth-order valence-corrected chi connectivity index (χ4v) is 2.07. The summed E-state index contributed by atoms with van der Waals surface area (Å²) in [6.07, 6.45) is -5.06. The Balaban J connectivity index is 2.71. The molecule has 4 nitrogen and oxygen atoms in total. The summed E-state index contributed by atoms with van der Waals surface area (Å²) in [5, 5.41) is 5.68. The molecule has 24 heavy (non-hydrogen) atoms. The molecule has 0 heterocycles. The van der Waals surface area contributed by atoms with Gasteiger partial charge in [-0.2, -0.15) is 13.2 Å². The fourth-order valence-electron chi connectivity index (χ4n) is 2.07. The number of methoxy groups -OCH3 is 1. The van der Waals surface area contributed by atoms with E-state index >= 15 is 0 Å². The second-order valence-corrected chi connectivity index (χ2v) is 6.10. The number of benzene rings is 1. The molecule has 0 fully saturated rings. The zero-order chi connectivity index (χ0) is 18.2. The summed E-state index contributed by atoms with van der Waals surface area (Å²) >= 11 is 0. The van der Waals surface area contributed by atoms with Gasteiger partial charge >= 0.3 is 6.18 Å². The van der Waals surface area contributed by atoms with Gasteiger partial charge < -0.3 is 15.4 Å². The third kappa shape index (κ3) is 7.10. The van der Waals surface area contributed by atoms with Gasteiger partial charge in [0.2, 0.25) is 0 Å². The Morgan fingerprint density at radius 2 is 1.75 bits per heavy atom. The lowest BCUT2D eigenvalue weighted by molar-refractivity contribution is -0.132. The molecule has 0 spiro atoms. The van der Waals surface area contributed by atoms with E-state index in [1.165, 1.54) is 0 Å². The quantitative estimate of drug-likeness (QED) is 0.587. The lowest BCUT2D eigenvalue weighted by atomic mass is 9.85. The third-order valence-electron chi connectivity index (χ3n) is 3.55. The Morgan fingerprint density at radius 1 is 1.12 bits per heavy atom. The molecule has 0 bridgehead atoms. The van der Waals surface area contributed by atoms with Crippen LogP contribution in [0.1, 0.15) is 32.8 Å². The van der Waals surface area contributed by atoms with E-state index in [2.05, 4.69) is 15.6 Å². The third-order valence-corrected chi connectivity index (χ3v) is 3.55. The Kier molecular flexibility index (Phi) is 7.38. The number of ether oxygens (including phenoxy) is 1. The van der Waals surface area contributed by atoms with Crippen LogP contribution < -0.4 is 15.4 Å². The van der Waals surface area contributed by atoms with Crippen LogP contribution in [0.5, 0.6) is 5.75 Å². The normalized spacial score (nSPS) is 12.9. The molecular formula is C17H26F3N3O. The predicted octanol–water partition coefficient (Wildman–Crippen LogP) is 3.48. The first kappa shape index (κ1) is 20.1. The van der Waals surface area contributed by atoms with Crippen molar-refractivity contribution in [2.45, 2.75) is 38.8 Å². The Morgan fingerprint density at radius 3 is 2.25 bits per heavy atom. The molecule has 1 aromatic carbocycles. The topological polar surface area (TPSA) is 45.7 Å². The monoisotopic (exact) mass is 345 g/mol. The van der Waals surface area contributed by atoms with Gasteiger partial charge in [-0.25, -0.2) is 0 Å². The number of hydrogen-bond donors (Lipinski definition) is 2. The van der Waals surface area contributed by atoms with Gasteiger partial charge in [0.25, 0.3) is 0 Å². The van der Waals surface area contributed by atoms with E-state index in [0.29, 0.717) is 19.0 Å². The van der Waals surface area contributed by atoms with Crippen LogP contribution in [0.4, 0.5) is 13.2 Å². The number of guanidine groups is 1. The summed E-state index contributed by atoms with van der Waals surface area (Å²) in [5.74, 6) is 1.17. The molecule has 2 N–H and O–H groups in total. The van der Waals surface area contributed by atoms with Crippen molar-refractivity contribution in [1.29, 1.82) is 0 Å². The van der Waals surface area contributed by atoms with Crippen LogP contribution in [0.15, 0.2) is 29.3 Å². The first-order chi connectivity index (χ1) is 11.2. The molecule has 1 aromatic rings. The summed E-state index contributed by atoms with van der Waals surface area (Å²) in [4.78, 5) is 4.42. The van der Waals surface area contributed by atoms with Crippen LogP contribution in [0.2, 0.25) is 0 Å². The minimum absolute atomic E-state index is 0.196. The van der Waals surface area contributed by atoms with Crippen molar-refractivity contribution in [1.82, 2.24) is 10.6 Å². The Hall–Kier alpha value is -1.92. The van der Waals surface area contributed by atoms with Gasteiger partial charge in [-0.3, -0.25) is 4.99 Å². The first-order valence-electron chi connectivity index (χ1n) is 7.91. The molecule has 7 heteroatoms. The van der Waals surface area contributed by atoms with Crippen LogP contribution in [0.3, 0.4) is 0 Å². The standard InChI is InChI=1S/C17H26F3N3O/c1-5-21-15(22-11-10-17(18,19)20)23-12-16(2,3)13-6-8-14(24-4)9-7-13/h6-9H,5,10-12H2,1-4H3,(H2,21,22,23). The Labute approximate surface area is 141 Å². The van der Waals surface area contributed by atoms with E-state index in [1.807, 2.05) is 45.0 Å². The average molecular weight is 345 g/mol. The maximum absolute atomic E-state index is 12.2. The highest BCUT2D eigenvalue weighted by Crippen LogP contribution is 2.25. The van der Waals surface area contributed by atoms with Gasteiger partial charge in [-0.15, -0.1) is 0 Å². The van der Waals surface area contributed by atoms with Gasteiger partial charge in [-0.1, -0.05) is 26.0 Å². The number of alkyl halides is 3. The first-order valence-corrected chi connectivity index (χ1v) is 7.91. The van der Waals surface area contributed by atoms with E-state index in [-0.39, 0.29) is 12.0 Å². The van der Waals surface area contributed by atoms with Gasteiger partial charge in [0.05, 0.1) is 20.1 Å². The highest BCUT2D eigenvalue weighted by molar-refractivity contribution is 5.79. The summed E-state index contributed by atoms with van der Waals surface area (Å²) in [5.41, 5.74) is 0.830. The SMILES string of the molecule is CCNC(=NCC(C)(C)c1ccc(OC)cc1)NCCC(F)(F)F. The van der Waals surface area contributed by atoms with Crippen molar-refractivity contribution in [2.24, 2.45) is 4.99 Å². The summed E-state index contributed by atoms with van der Waals surface area (Å²) in [6.45, 7) is 6.78. The van der Waals surface area contributed by atoms with Crippen LogP contribution in [0.25, 0.3) is 0 Å². The van der Waals surface area contributed by atoms with Crippen molar-refractivity contribution in [3.63, 3.8) is 0 Å². The predicted molar refractivity (Wildman–Crippen MR) is 90.7 cm³/mol. The molecule has 0 aliphatic heterocycles. The van der Waals surface area contributed by atoms with E-state index in [1.54, 1.807) is 7.11 Å². The molecule has 0 aromatic heterocycles. The molecule has 0 aliphatic carbocycles. The van der Waals surface area contributed by atoms with Crippen molar-refractivity contribution >= 4 is 5.96 Å². The molecule has 0 aliphatic rings. The van der Waals surface area contributed by atoms with Crippen LogP contribution in [-0.4, -0.2) is 38.9 Å². The van der Waals surface area contributed by atoms with Crippen LogP contribution in [0, 0.1) is 0 Å². The fraction of sp³-hybridized carbons (Fsp3) is 0.588. The number of hydrogen-bond acceptors (Lipinski definition) is 2. The second kappa shape index (κ2) is 8.80. The molecule has 0 unspecified atom stereocenters. The minimum atomic E-state index is -4.17. The maximum Gasteiger partial charge on any atom is 0.390 e. The van der Waals surface area contributed by atoms with Gasteiger partial charge in [-0.05, 0) is 24.6 Å². The van der Waals surface area contributed by atoms with Gasteiger partial charge in [0.15, 0.2) is 5.96 Å². The molecule has 0 amide bonds. The number of rotatable bonds is 7. The second-order valence-electron chi connectivity index (χ2n) is 6.10. The van der Waals surface area contributed by atoms with E-state index in [4.69, 9.17) is 4.74 Å². The molecular weight excluding hydrogens is 319 g/mol.